The SMILES string of the molecule is CNC(=O)c1ccc(-n2c(OC(C)C)nc3c(c2=O)C[C@@H](C)N(C(=O)c2ccc(Cl)c(Cl)c2)C3)cc1. The molecule has 1 aliphatic rings. The Balaban J connectivity index is 1.75. The Bertz CT molecular complexity index is 1390. The number of fused-ring (bicyclic) bond motifs is 1. The normalized spacial score (nSPS) is 15.0. The third kappa shape index (κ3) is 4.96. The molecule has 4 rings (SSSR count). The van der Waals surface area contributed by atoms with Gasteiger partial charge in [0.15, 0.2) is 0 Å². The first kappa shape index (κ1) is 25.7. The van der Waals surface area contributed by atoms with Gasteiger partial charge in [0.1, 0.15) is 0 Å². The molecular weight excluding hydrogens is 503 g/mol. The Morgan fingerprint density at radius 1 is 1.08 bits per heavy atom. The van der Waals surface area contributed by atoms with Crippen LogP contribution in [0, 0.1) is 0 Å². The van der Waals surface area contributed by atoms with Gasteiger partial charge in [-0.05, 0) is 69.7 Å². The number of hydrogen-bond acceptors (Lipinski definition) is 5. The number of halogens is 2. The van der Waals surface area contributed by atoms with Crippen LogP contribution in [0.25, 0.3) is 5.69 Å². The lowest BCUT2D eigenvalue weighted by Crippen LogP contribution is -2.46. The van der Waals surface area contributed by atoms with Crippen LogP contribution in [0.3, 0.4) is 0 Å². The molecule has 0 unspecified atom stereocenters. The number of carbonyl (C=O) groups is 2. The number of carbonyl (C=O) groups excluding carboxylic acids is 2. The molecule has 0 bridgehead atoms. The molecule has 0 spiro atoms. The molecule has 1 aromatic heterocycles. The van der Waals surface area contributed by atoms with Gasteiger partial charge in [-0.25, -0.2) is 4.57 Å². The minimum Gasteiger partial charge on any atom is -0.462 e. The van der Waals surface area contributed by atoms with Crippen LogP contribution in [0.2, 0.25) is 10.0 Å². The second-order valence-electron chi connectivity index (χ2n) is 8.87. The van der Waals surface area contributed by atoms with E-state index in [4.69, 9.17) is 27.9 Å². The molecule has 1 aliphatic heterocycles. The quantitative estimate of drug-likeness (QED) is 0.533. The highest BCUT2D eigenvalue weighted by molar-refractivity contribution is 6.42. The van der Waals surface area contributed by atoms with Gasteiger partial charge in [0.2, 0.25) is 0 Å². The fraction of sp³-hybridized carbons (Fsp3) is 0.308. The van der Waals surface area contributed by atoms with Crippen LogP contribution in [0.1, 0.15) is 52.7 Å². The van der Waals surface area contributed by atoms with Crippen LogP contribution < -0.4 is 15.6 Å². The Labute approximate surface area is 218 Å². The summed E-state index contributed by atoms with van der Waals surface area (Å²) in [5.74, 6) is -0.453. The number of hydrogen-bond donors (Lipinski definition) is 1. The minimum atomic E-state index is -0.267. The van der Waals surface area contributed by atoms with E-state index in [1.54, 1.807) is 48.3 Å². The van der Waals surface area contributed by atoms with E-state index in [9.17, 15) is 14.4 Å². The van der Waals surface area contributed by atoms with E-state index in [1.807, 2.05) is 20.8 Å². The predicted molar refractivity (Wildman–Crippen MR) is 138 cm³/mol. The van der Waals surface area contributed by atoms with Gasteiger partial charge in [-0.2, -0.15) is 4.98 Å². The van der Waals surface area contributed by atoms with Crippen LogP contribution in [0.5, 0.6) is 6.01 Å². The first-order valence-electron chi connectivity index (χ1n) is 11.5. The zero-order valence-electron chi connectivity index (χ0n) is 20.3. The molecule has 2 heterocycles. The van der Waals surface area contributed by atoms with Gasteiger partial charge in [-0.15, -0.1) is 0 Å². The molecule has 0 saturated heterocycles. The highest BCUT2D eigenvalue weighted by Crippen LogP contribution is 2.28. The maximum atomic E-state index is 13.7. The summed E-state index contributed by atoms with van der Waals surface area (Å²) in [6, 6.07) is 11.3. The molecule has 10 heteroatoms. The van der Waals surface area contributed by atoms with E-state index >= 15 is 0 Å². The standard InChI is InChI=1S/C26H26Cl2N4O4/c1-14(2)36-26-30-22-13-31(24(34)17-7-10-20(27)21(28)12-17)15(3)11-19(22)25(35)32(26)18-8-5-16(6-9-18)23(33)29-4/h5-10,12,14-15H,11,13H2,1-4H3,(H,29,33)/t15-/m1/s1. The van der Waals surface area contributed by atoms with Gasteiger partial charge in [-0.3, -0.25) is 14.4 Å². The third-order valence-electron chi connectivity index (χ3n) is 5.97. The number of aromatic nitrogens is 2. The summed E-state index contributed by atoms with van der Waals surface area (Å²) < 4.78 is 7.33. The van der Waals surface area contributed by atoms with Gasteiger partial charge in [0, 0.05) is 29.8 Å². The van der Waals surface area contributed by atoms with Crippen LogP contribution in [-0.2, 0) is 13.0 Å². The van der Waals surface area contributed by atoms with Gasteiger partial charge in [0.25, 0.3) is 17.4 Å². The summed E-state index contributed by atoms with van der Waals surface area (Å²) in [4.78, 5) is 45.2. The van der Waals surface area contributed by atoms with Crippen molar-refractivity contribution in [1.82, 2.24) is 19.8 Å². The summed E-state index contributed by atoms with van der Waals surface area (Å²) in [6.07, 6.45) is 0.0785. The average molecular weight is 529 g/mol. The molecule has 1 atom stereocenters. The van der Waals surface area contributed by atoms with Crippen molar-refractivity contribution in [2.45, 2.75) is 45.9 Å². The van der Waals surface area contributed by atoms with Gasteiger partial charge >= 0.3 is 6.01 Å². The highest BCUT2D eigenvalue weighted by Gasteiger charge is 2.32. The molecule has 8 nitrogen and oxygen atoms in total. The number of nitrogens with one attached hydrogen (secondary N) is 1. The second kappa shape index (κ2) is 10.3. The molecular formula is C26H26Cl2N4O4. The van der Waals surface area contributed by atoms with Crippen LogP contribution in [0.15, 0.2) is 47.3 Å². The Morgan fingerprint density at radius 2 is 1.75 bits per heavy atom. The number of benzene rings is 2. The zero-order chi connectivity index (χ0) is 26.1. The maximum absolute atomic E-state index is 13.7. The van der Waals surface area contributed by atoms with E-state index in [2.05, 4.69) is 10.3 Å². The van der Waals surface area contributed by atoms with Crippen molar-refractivity contribution in [3.63, 3.8) is 0 Å². The molecule has 2 aromatic carbocycles. The molecule has 0 radical (unpaired) electrons. The van der Waals surface area contributed by atoms with E-state index in [1.165, 1.54) is 10.6 Å². The largest absolute Gasteiger partial charge is 0.462 e. The van der Waals surface area contributed by atoms with Crippen molar-refractivity contribution in [3.8, 4) is 11.7 Å². The summed E-state index contributed by atoms with van der Waals surface area (Å²) in [5.41, 5.74) is 2.14. The highest BCUT2D eigenvalue weighted by atomic mass is 35.5. The molecule has 2 amide bonds. The Kier molecular flexibility index (Phi) is 7.38. The molecule has 0 fully saturated rings. The van der Waals surface area contributed by atoms with Crippen LogP contribution in [0.4, 0.5) is 0 Å². The number of rotatable bonds is 5. The Hall–Kier alpha value is -3.36. The van der Waals surface area contributed by atoms with E-state index in [0.717, 1.165) is 0 Å². The van der Waals surface area contributed by atoms with Crippen molar-refractivity contribution >= 4 is 35.0 Å². The second-order valence-corrected chi connectivity index (χ2v) is 9.68. The number of amides is 2. The van der Waals surface area contributed by atoms with Gasteiger partial charge in [-0.1, -0.05) is 23.2 Å². The molecule has 0 saturated carbocycles. The van der Waals surface area contributed by atoms with Crippen molar-refractivity contribution in [1.29, 1.82) is 0 Å². The third-order valence-corrected chi connectivity index (χ3v) is 6.71. The first-order chi connectivity index (χ1) is 17.1. The number of ether oxygens (including phenoxy) is 1. The molecule has 1 N–H and O–H groups in total. The monoisotopic (exact) mass is 528 g/mol. The molecule has 3 aromatic rings. The van der Waals surface area contributed by atoms with Crippen molar-refractivity contribution in [2.75, 3.05) is 7.05 Å². The average Bonchev–Trinajstić information content (AvgIpc) is 2.85. The maximum Gasteiger partial charge on any atom is 0.304 e. The number of nitrogens with zero attached hydrogens (tertiary/aromatic N) is 3. The van der Waals surface area contributed by atoms with Crippen molar-refractivity contribution in [2.24, 2.45) is 0 Å². The fourth-order valence-electron chi connectivity index (χ4n) is 4.13. The minimum absolute atomic E-state index is 0.123. The van der Waals surface area contributed by atoms with E-state index in [-0.39, 0.29) is 42.1 Å². The fourth-order valence-corrected chi connectivity index (χ4v) is 4.43. The lowest BCUT2D eigenvalue weighted by Gasteiger charge is -2.34. The van der Waals surface area contributed by atoms with E-state index in [0.29, 0.717) is 44.5 Å². The van der Waals surface area contributed by atoms with Gasteiger partial charge in [0.05, 0.1) is 34.1 Å². The van der Waals surface area contributed by atoms with Gasteiger partial charge < -0.3 is 15.0 Å². The first-order valence-corrected chi connectivity index (χ1v) is 12.3. The molecule has 188 valence electrons. The lowest BCUT2D eigenvalue weighted by molar-refractivity contribution is 0.0650. The van der Waals surface area contributed by atoms with Crippen molar-refractivity contribution < 1.29 is 14.3 Å². The summed E-state index contributed by atoms with van der Waals surface area (Å²) in [5, 5.41) is 3.24. The summed E-state index contributed by atoms with van der Waals surface area (Å²) in [6.45, 7) is 5.72. The van der Waals surface area contributed by atoms with Crippen LogP contribution >= 0.6 is 23.2 Å². The van der Waals surface area contributed by atoms with Crippen LogP contribution in [-0.4, -0.2) is 45.5 Å². The summed E-state index contributed by atoms with van der Waals surface area (Å²) in [7, 11) is 1.56. The zero-order valence-corrected chi connectivity index (χ0v) is 21.9. The smallest absolute Gasteiger partial charge is 0.304 e. The lowest BCUT2D eigenvalue weighted by atomic mass is 9.98. The summed E-state index contributed by atoms with van der Waals surface area (Å²) >= 11 is 12.1. The molecule has 0 aliphatic carbocycles. The van der Waals surface area contributed by atoms with Crippen molar-refractivity contribution in [3.05, 3.63) is 85.2 Å². The van der Waals surface area contributed by atoms with E-state index < -0.39 is 0 Å². The predicted octanol–water partition coefficient (Wildman–Crippen LogP) is 4.27. The molecule has 36 heavy (non-hydrogen) atoms. The Morgan fingerprint density at radius 3 is 2.36 bits per heavy atom. The topological polar surface area (TPSA) is 93.5 Å².